The van der Waals surface area contributed by atoms with Gasteiger partial charge in [-0.3, -0.25) is 4.79 Å². The van der Waals surface area contributed by atoms with Crippen molar-refractivity contribution in [2.45, 2.75) is 97.3 Å². The van der Waals surface area contributed by atoms with E-state index in [1.807, 2.05) is 12.1 Å². The van der Waals surface area contributed by atoms with Gasteiger partial charge in [0.05, 0.1) is 0 Å². The quantitative estimate of drug-likeness (QED) is 0.263. The standard InChI is InChI=1S/C22H36O/c1-3-5-6-7-8-9-10-11-12-13-14-15-22(23)21-18-16-20(4-2)17-19-21/h16-19H,3-15H2,1-2H3. The maximum atomic E-state index is 12.1. The predicted molar refractivity (Wildman–Crippen MR) is 101 cm³/mol. The van der Waals surface area contributed by atoms with Crippen molar-refractivity contribution < 1.29 is 4.79 Å². The molecule has 1 heteroatoms. The third-order valence-corrected chi connectivity index (χ3v) is 4.69. The van der Waals surface area contributed by atoms with E-state index in [-0.39, 0.29) is 0 Å². The minimum absolute atomic E-state index is 0.309. The van der Waals surface area contributed by atoms with Gasteiger partial charge in [0.15, 0.2) is 5.78 Å². The van der Waals surface area contributed by atoms with Crippen molar-refractivity contribution >= 4 is 5.78 Å². The lowest BCUT2D eigenvalue weighted by atomic mass is 10.0. The van der Waals surface area contributed by atoms with E-state index < -0.39 is 0 Å². The molecule has 0 aromatic heterocycles. The third-order valence-electron chi connectivity index (χ3n) is 4.69. The molecule has 0 radical (unpaired) electrons. The van der Waals surface area contributed by atoms with E-state index >= 15 is 0 Å². The molecule has 1 rings (SSSR count). The summed E-state index contributed by atoms with van der Waals surface area (Å²) >= 11 is 0. The van der Waals surface area contributed by atoms with Crippen LogP contribution < -0.4 is 0 Å². The molecule has 1 aromatic carbocycles. The van der Waals surface area contributed by atoms with E-state index in [4.69, 9.17) is 0 Å². The van der Waals surface area contributed by atoms with Gasteiger partial charge < -0.3 is 0 Å². The molecule has 0 spiro atoms. The van der Waals surface area contributed by atoms with Crippen LogP contribution in [0.15, 0.2) is 24.3 Å². The number of hydrogen-bond acceptors (Lipinski definition) is 1. The van der Waals surface area contributed by atoms with E-state index in [0.717, 1.165) is 18.4 Å². The van der Waals surface area contributed by atoms with Gasteiger partial charge in [-0.05, 0) is 18.4 Å². The first-order chi connectivity index (χ1) is 11.3. The number of ketones is 1. The fraction of sp³-hybridized carbons (Fsp3) is 0.682. The number of unbranched alkanes of at least 4 members (excludes halogenated alkanes) is 10. The molecule has 0 fully saturated rings. The van der Waals surface area contributed by atoms with Gasteiger partial charge in [0.25, 0.3) is 0 Å². The van der Waals surface area contributed by atoms with Crippen LogP contribution >= 0.6 is 0 Å². The smallest absolute Gasteiger partial charge is 0.162 e. The Morgan fingerprint density at radius 2 is 1.17 bits per heavy atom. The molecule has 23 heavy (non-hydrogen) atoms. The van der Waals surface area contributed by atoms with Crippen molar-refractivity contribution in [3.63, 3.8) is 0 Å². The molecule has 0 saturated heterocycles. The van der Waals surface area contributed by atoms with E-state index in [1.54, 1.807) is 0 Å². The Labute approximate surface area is 143 Å². The number of aryl methyl sites for hydroxylation is 1. The van der Waals surface area contributed by atoms with Gasteiger partial charge in [-0.2, -0.15) is 0 Å². The van der Waals surface area contributed by atoms with Crippen LogP contribution in [-0.2, 0) is 6.42 Å². The second-order valence-corrected chi connectivity index (χ2v) is 6.76. The second kappa shape index (κ2) is 13.3. The lowest BCUT2D eigenvalue weighted by molar-refractivity contribution is 0.0979. The Kier molecular flexibility index (Phi) is 11.6. The van der Waals surface area contributed by atoms with Crippen molar-refractivity contribution in [3.05, 3.63) is 35.4 Å². The number of benzene rings is 1. The summed E-state index contributed by atoms with van der Waals surface area (Å²) in [5.74, 6) is 0.309. The minimum Gasteiger partial charge on any atom is -0.294 e. The Hall–Kier alpha value is -1.11. The van der Waals surface area contributed by atoms with Crippen molar-refractivity contribution in [2.24, 2.45) is 0 Å². The number of carbonyl (C=O) groups excluding carboxylic acids is 1. The van der Waals surface area contributed by atoms with E-state index in [9.17, 15) is 4.79 Å². The third kappa shape index (κ3) is 9.58. The van der Waals surface area contributed by atoms with Crippen molar-refractivity contribution in [1.82, 2.24) is 0 Å². The SMILES string of the molecule is CCCCCCCCCCCCCC(=O)c1ccc(CC)cc1. The minimum atomic E-state index is 0.309. The van der Waals surface area contributed by atoms with Gasteiger partial charge in [0.1, 0.15) is 0 Å². The van der Waals surface area contributed by atoms with Crippen LogP contribution in [-0.4, -0.2) is 5.78 Å². The van der Waals surface area contributed by atoms with Crippen LogP contribution in [0.5, 0.6) is 0 Å². The summed E-state index contributed by atoms with van der Waals surface area (Å²) < 4.78 is 0. The van der Waals surface area contributed by atoms with Gasteiger partial charge in [-0.15, -0.1) is 0 Å². The Morgan fingerprint density at radius 3 is 1.65 bits per heavy atom. The van der Waals surface area contributed by atoms with Gasteiger partial charge in [-0.1, -0.05) is 102 Å². The molecule has 0 aliphatic carbocycles. The zero-order chi connectivity index (χ0) is 16.8. The van der Waals surface area contributed by atoms with Crippen LogP contribution in [0.4, 0.5) is 0 Å². The number of hydrogen-bond donors (Lipinski definition) is 0. The van der Waals surface area contributed by atoms with Crippen LogP contribution in [0.3, 0.4) is 0 Å². The van der Waals surface area contributed by atoms with Gasteiger partial charge in [-0.25, -0.2) is 0 Å². The van der Waals surface area contributed by atoms with E-state index in [0.29, 0.717) is 12.2 Å². The molecular formula is C22H36O. The van der Waals surface area contributed by atoms with Crippen molar-refractivity contribution in [2.75, 3.05) is 0 Å². The van der Waals surface area contributed by atoms with Gasteiger partial charge in [0, 0.05) is 12.0 Å². The fourth-order valence-corrected chi connectivity index (χ4v) is 3.02. The molecular weight excluding hydrogens is 280 g/mol. The summed E-state index contributed by atoms with van der Waals surface area (Å²) in [5, 5.41) is 0. The normalized spacial score (nSPS) is 10.9. The van der Waals surface area contributed by atoms with Crippen LogP contribution in [0, 0.1) is 0 Å². The predicted octanol–water partition coefficient (Wildman–Crippen LogP) is 7.13. The maximum Gasteiger partial charge on any atom is 0.162 e. The molecule has 0 saturated carbocycles. The topological polar surface area (TPSA) is 17.1 Å². The molecule has 0 unspecified atom stereocenters. The largest absolute Gasteiger partial charge is 0.294 e. The van der Waals surface area contributed by atoms with Crippen LogP contribution in [0.2, 0.25) is 0 Å². The number of carbonyl (C=O) groups is 1. The summed E-state index contributed by atoms with van der Waals surface area (Å²) in [6.45, 7) is 4.41. The molecule has 0 amide bonds. The Bertz CT molecular complexity index is 404. The first kappa shape index (κ1) is 19.9. The molecule has 0 atom stereocenters. The molecule has 1 aromatic rings. The summed E-state index contributed by atoms with van der Waals surface area (Å²) in [6, 6.07) is 8.13. The molecule has 0 bridgehead atoms. The van der Waals surface area contributed by atoms with E-state index in [2.05, 4.69) is 26.0 Å². The maximum absolute atomic E-state index is 12.1. The summed E-state index contributed by atoms with van der Waals surface area (Å²) in [4.78, 5) is 12.1. The number of Topliss-reactive ketones (excluding diaryl/α,β-unsaturated/α-hetero) is 1. The molecule has 0 heterocycles. The highest BCUT2D eigenvalue weighted by molar-refractivity contribution is 5.96. The highest BCUT2D eigenvalue weighted by Crippen LogP contribution is 2.14. The van der Waals surface area contributed by atoms with Crippen molar-refractivity contribution in [3.8, 4) is 0 Å². The lowest BCUT2D eigenvalue weighted by Crippen LogP contribution is -1.99. The highest BCUT2D eigenvalue weighted by Gasteiger charge is 2.05. The average Bonchev–Trinajstić information content (AvgIpc) is 2.59. The van der Waals surface area contributed by atoms with Crippen LogP contribution in [0.1, 0.15) is 107 Å². The zero-order valence-corrected chi connectivity index (χ0v) is 15.4. The molecule has 130 valence electrons. The first-order valence-electron chi connectivity index (χ1n) is 9.90. The summed E-state index contributed by atoms with van der Waals surface area (Å²) in [5.41, 5.74) is 2.19. The van der Waals surface area contributed by atoms with Gasteiger partial charge in [0.2, 0.25) is 0 Å². The first-order valence-corrected chi connectivity index (χ1v) is 9.90. The second-order valence-electron chi connectivity index (χ2n) is 6.76. The molecule has 0 N–H and O–H groups in total. The summed E-state index contributed by atoms with van der Waals surface area (Å²) in [7, 11) is 0. The monoisotopic (exact) mass is 316 g/mol. The van der Waals surface area contributed by atoms with Crippen molar-refractivity contribution in [1.29, 1.82) is 0 Å². The van der Waals surface area contributed by atoms with Gasteiger partial charge >= 0.3 is 0 Å². The lowest BCUT2D eigenvalue weighted by Gasteiger charge is -2.04. The fourth-order valence-electron chi connectivity index (χ4n) is 3.02. The summed E-state index contributed by atoms with van der Waals surface area (Å²) in [6.07, 6.45) is 16.4. The Balaban J connectivity index is 1.97. The van der Waals surface area contributed by atoms with E-state index in [1.165, 1.54) is 69.8 Å². The average molecular weight is 317 g/mol. The molecule has 1 nitrogen and oxygen atoms in total. The Morgan fingerprint density at radius 1 is 0.696 bits per heavy atom. The number of rotatable bonds is 14. The molecule has 0 aliphatic heterocycles. The highest BCUT2D eigenvalue weighted by atomic mass is 16.1. The zero-order valence-electron chi connectivity index (χ0n) is 15.4. The van der Waals surface area contributed by atoms with Crippen LogP contribution in [0.25, 0.3) is 0 Å². The molecule has 0 aliphatic rings.